The first-order chi connectivity index (χ1) is 14.5. The molecule has 1 aliphatic carbocycles. The molecule has 0 aromatic heterocycles. The summed E-state index contributed by atoms with van der Waals surface area (Å²) in [6.45, 7) is 0.265. The summed E-state index contributed by atoms with van der Waals surface area (Å²) in [5, 5.41) is 2.20. The maximum Gasteiger partial charge on any atom is 0.266 e. The standard InChI is InChI=1S/C23H20N2O5/c26-19-11-10-17(21(27)24-19)25-22(28)16-2-1-3-18(20(16)23(25)29)30-12-13-4-6-14(7-5-13)15-8-9-15/h1-7,15,17H,8-12H2,(H,24,26,27). The van der Waals surface area contributed by atoms with Crippen LogP contribution in [0.15, 0.2) is 42.5 Å². The molecule has 152 valence electrons. The summed E-state index contributed by atoms with van der Waals surface area (Å²) in [4.78, 5) is 50.5. The summed E-state index contributed by atoms with van der Waals surface area (Å²) in [7, 11) is 0. The molecule has 1 N–H and O–H groups in total. The maximum absolute atomic E-state index is 13.1. The number of nitrogens with one attached hydrogen (secondary N) is 1. The van der Waals surface area contributed by atoms with E-state index in [4.69, 9.17) is 4.74 Å². The second kappa shape index (κ2) is 7.09. The highest BCUT2D eigenvalue weighted by Gasteiger charge is 2.46. The minimum Gasteiger partial charge on any atom is -0.488 e. The van der Waals surface area contributed by atoms with Crippen LogP contribution in [0.2, 0.25) is 0 Å². The Bertz CT molecular complexity index is 1070. The highest BCUT2D eigenvalue weighted by atomic mass is 16.5. The molecule has 7 heteroatoms. The van der Waals surface area contributed by atoms with Gasteiger partial charge in [-0.25, -0.2) is 0 Å². The summed E-state index contributed by atoms with van der Waals surface area (Å²) in [5.41, 5.74) is 2.68. The Hall–Kier alpha value is -3.48. The third-order valence-electron chi connectivity index (χ3n) is 5.85. The topological polar surface area (TPSA) is 92.8 Å². The average Bonchev–Trinajstić information content (AvgIpc) is 3.55. The van der Waals surface area contributed by atoms with Crippen molar-refractivity contribution >= 4 is 23.6 Å². The SMILES string of the molecule is O=C1CCC(N2C(=O)c3cccc(OCc4ccc(C5CC5)cc4)c3C2=O)C(=O)N1. The number of imide groups is 2. The molecule has 0 radical (unpaired) electrons. The number of ether oxygens (including phenoxy) is 1. The molecule has 2 aromatic carbocycles. The van der Waals surface area contributed by atoms with Crippen molar-refractivity contribution in [3.05, 3.63) is 64.7 Å². The number of carbonyl (C=O) groups excluding carboxylic acids is 4. The van der Waals surface area contributed by atoms with Crippen LogP contribution in [0.1, 0.15) is 63.4 Å². The van der Waals surface area contributed by atoms with Gasteiger partial charge in [-0.3, -0.25) is 29.4 Å². The van der Waals surface area contributed by atoms with Crippen LogP contribution in [0.5, 0.6) is 5.75 Å². The summed E-state index contributed by atoms with van der Waals surface area (Å²) in [6.07, 6.45) is 2.70. The Morgan fingerprint density at radius 2 is 1.70 bits per heavy atom. The lowest BCUT2D eigenvalue weighted by Gasteiger charge is -2.27. The van der Waals surface area contributed by atoms with Crippen molar-refractivity contribution in [2.24, 2.45) is 0 Å². The zero-order chi connectivity index (χ0) is 20.8. The number of carbonyl (C=O) groups is 4. The van der Waals surface area contributed by atoms with E-state index < -0.39 is 29.7 Å². The van der Waals surface area contributed by atoms with Gasteiger partial charge < -0.3 is 4.74 Å². The summed E-state index contributed by atoms with van der Waals surface area (Å²) in [6, 6.07) is 12.1. The molecule has 2 aliphatic heterocycles. The number of benzene rings is 2. The van der Waals surface area contributed by atoms with Crippen LogP contribution in [0.4, 0.5) is 0 Å². The van der Waals surface area contributed by atoms with Crippen LogP contribution in [0.25, 0.3) is 0 Å². The molecule has 2 aromatic rings. The van der Waals surface area contributed by atoms with Crippen LogP contribution in [-0.4, -0.2) is 34.6 Å². The van der Waals surface area contributed by atoms with Crippen LogP contribution >= 0.6 is 0 Å². The number of piperidine rings is 1. The number of nitrogens with zero attached hydrogens (tertiary/aromatic N) is 1. The highest BCUT2D eigenvalue weighted by molar-refractivity contribution is 6.24. The van der Waals surface area contributed by atoms with Crippen LogP contribution in [0, 0.1) is 0 Å². The number of hydrogen-bond donors (Lipinski definition) is 1. The first-order valence-electron chi connectivity index (χ1n) is 10.1. The van der Waals surface area contributed by atoms with Gasteiger partial charge in [-0.1, -0.05) is 30.3 Å². The maximum atomic E-state index is 13.1. The van der Waals surface area contributed by atoms with E-state index in [0.717, 1.165) is 10.5 Å². The first kappa shape index (κ1) is 18.5. The molecule has 4 amide bonds. The fourth-order valence-corrected chi connectivity index (χ4v) is 4.07. The summed E-state index contributed by atoms with van der Waals surface area (Å²) < 4.78 is 5.89. The van der Waals surface area contributed by atoms with Crippen molar-refractivity contribution < 1.29 is 23.9 Å². The smallest absolute Gasteiger partial charge is 0.266 e. The fraction of sp³-hybridized carbons (Fsp3) is 0.304. The molecule has 5 rings (SSSR count). The molecule has 0 bridgehead atoms. The van der Waals surface area contributed by atoms with Gasteiger partial charge in [0.05, 0.1) is 11.1 Å². The van der Waals surface area contributed by atoms with Crippen molar-refractivity contribution in [3.8, 4) is 5.75 Å². The van der Waals surface area contributed by atoms with Gasteiger partial charge in [0, 0.05) is 6.42 Å². The van der Waals surface area contributed by atoms with Gasteiger partial charge in [0.25, 0.3) is 11.8 Å². The van der Waals surface area contributed by atoms with E-state index in [9.17, 15) is 19.2 Å². The van der Waals surface area contributed by atoms with Gasteiger partial charge >= 0.3 is 0 Å². The Labute approximate surface area is 173 Å². The molecule has 7 nitrogen and oxygen atoms in total. The fourth-order valence-electron chi connectivity index (χ4n) is 4.07. The van der Waals surface area contributed by atoms with Crippen molar-refractivity contribution in [1.29, 1.82) is 0 Å². The van der Waals surface area contributed by atoms with E-state index in [0.29, 0.717) is 11.7 Å². The molecule has 1 saturated carbocycles. The zero-order valence-corrected chi connectivity index (χ0v) is 16.2. The van der Waals surface area contributed by atoms with Crippen LogP contribution in [-0.2, 0) is 16.2 Å². The second-order valence-corrected chi connectivity index (χ2v) is 7.93. The Balaban J connectivity index is 1.36. The van der Waals surface area contributed by atoms with Gasteiger partial charge in [0.1, 0.15) is 18.4 Å². The minimum atomic E-state index is -0.988. The number of hydrogen-bond acceptors (Lipinski definition) is 5. The minimum absolute atomic E-state index is 0.0873. The Morgan fingerprint density at radius 1 is 0.933 bits per heavy atom. The highest BCUT2D eigenvalue weighted by Crippen LogP contribution is 2.40. The molecular weight excluding hydrogens is 384 g/mol. The van der Waals surface area contributed by atoms with E-state index in [-0.39, 0.29) is 30.6 Å². The molecule has 30 heavy (non-hydrogen) atoms. The van der Waals surface area contributed by atoms with Gasteiger partial charge in [0.15, 0.2) is 0 Å². The van der Waals surface area contributed by atoms with Crippen molar-refractivity contribution in [2.45, 2.75) is 44.2 Å². The number of rotatable bonds is 5. The lowest BCUT2D eigenvalue weighted by Crippen LogP contribution is -2.54. The molecule has 3 aliphatic rings. The van der Waals surface area contributed by atoms with E-state index in [2.05, 4.69) is 17.4 Å². The van der Waals surface area contributed by atoms with Gasteiger partial charge in [-0.2, -0.15) is 0 Å². The Kier molecular flexibility index (Phi) is 4.38. The van der Waals surface area contributed by atoms with E-state index >= 15 is 0 Å². The number of fused-ring (bicyclic) bond motifs is 1. The second-order valence-electron chi connectivity index (χ2n) is 7.93. The molecule has 1 atom stereocenters. The molecule has 2 fully saturated rings. The normalized spacial score (nSPS) is 20.9. The number of amides is 4. The average molecular weight is 404 g/mol. The zero-order valence-electron chi connectivity index (χ0n) is 16.2. The lowest BCUT2D eigenvalue weighted by atomic mass is 10.0. The first-order valence-corrected chi connectivity index (χ1v) is 10.1. The summed E-state index contributed by atoms with van der Waals surface area (Å²) >= 11 is 0. The quantitative estimate of drug-likeness (QED) is 0.773. The van der Waals surface area contributed by atoms with Crippen molar-refractivity contribution in [2.75, 3.05) is 0 Å². The van der Waals surface area contributed by atoms with Crippen LogP contribution in [0.3, 0.4) is 0 Å². The van der Waals surface area contributed by atoms with Gasteiger partial charge in [-0.05, 0) is 48.4 Å². The van der Waals surface area contributed by atoms with E-state index in [1.807, 2.05) is 12.1 Å². The molecule has 1 saturated heterocycles. The van der Waals surface area contributed by atoms with Gasteiger partial charge in [0.2, 0.25) is 11.8 Å². The Morgan fingerprint density at radius 3 is 2.40 bits per heavy atom. The largest absolute Gasteiger partial charge is 0.488 e. The predicted molar refractivity (Wildman–Crippen MR) is 106 cm³/mol. The van der Waals surface area contributed by atoms with E-state index in [1.165, 1.54) is 18.4 Å². The molecule has 2 heterocycles. The third-order valence-corrected chi connectivity index (χ3v) is 5.85. The van der Waals surface area contributed by atoms with E-state index in [1.54, 1.807) is 18.2 Å². The third kappa shape index (κ3) is 3.16. The molecular formula is C23H20N2O5. The predicted octanol–water partition coefficient (Wildman–Crippen LogP) is 2.54. The lowest BCUT2D eigenvalue weighted by molar-refractivity contribution is -0.136. The van der Waals surface area contributed by atoms with Crippen molar-refractivity contribution in [3.63, 3.8) is 0 Å². The molecule has 0 spiro atoms. The van der Waals surface area contributed by atoms with Crippen LogP contribution < -0.4 is 10.1 Å². The monoisotopic (exact) mass is 404 g/mol. The summed E-state index contributed by atoms with van der Waals surface area (Å²) in [5.74, 6) is -1.14. The van der Waals surface area contributed by atoms with Crippen molar-refractivity contribution in [1.82, 2.24) is 10.2 Å². The molecule has 1 unspecified atom stereocenters. The van der Waals surface area contributed by atoms with Gasteiger partial charge in [-0.15, -0.1) is 0 Å².